The highest BCUT2D eigenvalue weighted by atomic mass is 32.1. The first-order valence-electron chi connectivity index (χ1n) is 4.17. The monoisotopic (exact) mass is 250 g/mol. The Morgan fingerprint density at radius 2 is 2.12 bits per heavy atom. The highest BCUT2D eigenvalue weighted by Gasteiger charge is 2.28. The van der Waals surface area contributed by atoms with E-state index in [9.17, 15) is 18.0 Å². The first-order chi connectivity index (χ1) is 7.44. The molecule has 1 heterocycles. The SMILES string of the molecule is O=c1oc2cc(OCC(F)(F)F)ccc2s1. The number of ether oxygens (including phenoxy) is 1. The van der Waals surface area contributed by atoms with Crippen molar-refractivity contribution >= 4 is 21.6 Å². The number of rotatable bonds is 2. The van der Waals surface area contributed by atoms with E-state index in [4.69, 9.17) is 4.42 Å². The lowest BCUT2D eigenvalue weighted by atomic mass is 10.3. The maximum atomic E-state index is 11.9. The standard InChI is InChI=1S/C9H5F3O3S/c10-9(11,12)4-14-5-1-2-7-6(3-5)15-8(13)16-7/h1-3H,4H2. The zero-order chi connectivity index (χ0) is 11.8. The van der Waals surface area contributed by atoms with E-state index in [1.165, 1.54) is 18.2 Å². The molecule has 0 atom stereocenters. The molecule has 16 heavy (non-hydrogen) atoms. The van der Waals surface area contributed by atoms with Crippen LogP contribution in [-0.4, -0.2) is 12.8 Å². The maximum Gasteiger partial charge on any atom is 0.422 e. The summed E-state index contributed by atoms with van der Waals surface area (Å²) >= 11 is 0.884. The molecule has 0 saturated heterocycles. The molecule has 0 saturated carbocycles. The third kappa shape index (κ3) is 2.54. The molecular formula is C9H5F3O3S. The summed E-state index contributed by atoms with van der Waals surface area (Å²) in [5.41, 5.74) is 0.231. The summed E-state index contributed by atoms with van der Waals surface area (Å²) in [5, 5.41) is 0. The molecule has 0 fully saturated rings. The number of hydrogen-bond acceptors (Lipinski definition) is 4. The van der Waals surface area contributed by atoms with Crippen molar-refractivity contribution in [2.75, 3.05) is 6.61 Å². The molecule has 0 aliphatic heterocycles. The van der Waals surface area contributed by atoms with Gasteiger partial charge >= 0.3 is 11.1 Å². The smallest absolute Gasteiger partial charge is 0.422 e. The van der Waals surface area contributed by atoms with Crippen molar-refractivity contribution in [3.63, 3.8) is 0 Å². The molecule has 0 unspecified atom stereocenters. The second kappa shape index (κ2) is 3.82. The van der Waals surface area contributed by atoms with E-state index in [0.29, 0.717) is 4.70 Å². The largest absolute Gasteiger partial charge is 0.484 e. The van der Waals surface area contributed by atoms with Gasteiger partial charge < -0.3 is 9.15 Å². The predicted octanol–water partition coefficient (Wildman–Crippen LogP) is 2.80. The van der Waals surface area contributed by atoms with Crippen molar-refractivity contribution in [2.45, 2.75) is 6.18 Å². The molecule has 1 aromatic carbocycles. The molecule has 0 N–H and O–H groups in total. The second-order valence-electron chi connectivity index (χ2n) is 2.97. The first kappa shape index (κ1) is 11.0. The van der Waals surface area contributed by atoms with Crippen molar-refractivity contribution in [2.24, 2.45) is 0 Å². The maximum absolute atomic E-state index is 11.9. The lowest BCUT2D eigenvalue weighted by Gasteiger charge is -2.08. The van der Waals surface area contributed by atoms with Crippen molar-refractivity contribution in [1.82, 2.24) is 0 Å². The number of benzene rings is 1. The lowest BCUT2D eigenvalue weighted by molar-refractivity contribution is -0.153. The van der Waals surface area contributed by atoms with Gasteiger partial charge in [-0.25, -0.2) is 4.79 Å². The van der Waals surface area contributed by atoms with E-state index in [-0.39, 0.29) is 11.3 Å². The summed E-state index contributed by atoms with van der Waals surface area (Å²) in [5.74, 6) is 0.0198. The number of fused-ring (bicyclic) bond motifs is 1. The quantitative estimate of drug-likeness (QED) is 0.822. The van der Waals surface area contributed by atoms with Crippen LogP contribution in [0.2, 0.25) is 0 Å². The van der Waals surface area contributed by atoms with E-state index in [1.54, 1.807) is 0 Å². The van der Waals surface area contributed by atoms with Crippen molar-refractivity contribution in [1.29, 1.82) is 0 Å². The topological polar surface area (TPSA) is 39.4 Å². The van der Waals surface area contributed by atoms with Crippen LogP contribution in [0.5, 0.6) is 5.75 Å². The van der Waals surface area contributed by atoms with Gasteiger partial charge in [0.1, 0.15) is 5.75 Å². The lowest BCUT2D eigenvalue weighted by Crippen LogP contribution is -2.19. The van der Waals surface area contributed by atoms with Gasteiger partial charge in [0.2, 0.25) is 0 Å². The molecule has 0 aliphatic carbocycles. The van der Waals surface area contributed by atoms with Gasteiger partial charge in [-0.05, 0) is 12.1 Å². The molecule has 7 heteroatoms. The minimum Gasteiger partial charge on any atom is -0.484 e. The molecule has 0 spiro atoms. The fourth-order valence-corrected chi connectivity index (χ4v) is 1.76. The van der Waals surface area contributed by atoms with Crippen LogP contribution in [0.15, 0.2) is 27.4 Å². The normalized spacial score (nSPS) is 11.9. The molecule has 0 bridgehead atoms. The van der Waals surface area contributed by atoms with Crippen molar-refractivity contribution in [3.8, 4) is 5.75 Å². The van der Waals surface area contributed by atoms with Crippen LogP contribution in [0, 0.1) is 0 Å². The Morgan fingerprint density at radius 3 is 2.81 bits per heavy atom. The van der Waals surface area contributed by atoms with Gasteiger partial charge in [0.25, 0.3) is 0 Å². The molecule has 2 aromatic rings. The molecule has 0 radical (unpaired) electrons. The van der Waals surface area contributed by atoms with Crippen LogP contribution in [-0.2, 0) is 0 Å². The average Bonchev–Trinajstić information content (AvgIpc) is 2.52. The third-order valence-electron chi connectivity index (χ3n) is 1.70. The predicted molar refractivity (Wildman–Crippen MR) is 51.9 cm³/mol. The van der Waals surface area contributed by atoms with Gasteiger partial charge in [0, 0.05) is 6.07 Å². The fourth-order valence-electron chi connectivity index (χ4n) is 1.11. The van der Waals surface area contributed by atoms with Crippen molar-refractivity contribution < 1.29 is 22.3 Å². The Morgan fingerprint density at radius 1 is 1.38 bits per heavy atom. The molecule has 0 amide bonds. The minimum atomic E-state index is -4.38. The van der Waals surface area contributed by atoms with Crippen LogP contribution in [0.3, 0.4) is 0 Å². The van der Waals surface area contributed by atoms with Crippen LogP contribution < -0.4 is 9.68 Å². The fraction of sp³-hybridized carbons (Fsp3) is 0.222. The van der Waals surface area contributed by atoms with Gasteiger partial charge in [-0.1, -0.05) is 11.3 Å². The molecule has 3 nitrogen and oxygen atoms in total. The molecule has 86 valence electrons. The summed E-state index contributed by atoms with van der Waals surface area (Å²) in [6.07, 6.45) is -4.38. The molecular weight excluding hydrogens is 245 g/mol. The second-order valence-corrected chi connectivity index (χ2v) is 3.94. The Balaban J connectivity index is 2.22. The summed E-state index contributed by atoms with van der Waals surface area (Å²) in [6.45, 7) is -1.37. The molecule has 0 aliphatic rings. The van der Waals surface area contributed by atoms with Crippen LogP contribution in [0.25, 0.3) is 10.3 Å². The average molecular weight is 250 g/mol. The number of hydrogen-bond donors (Lipinski definition) is 0. The van der Waals surface area contributed by atoms with Crippen molar-refractivity contribution in [3.05, 3.63) is 27.9 Å². The van der Waals surface area contributed by atoms with Crippen LogP contribution >= 0.6 is 11.3 Å². The highest BCUT2D eigenvalue weighted by molar-refractivity contribution is 7.16. The van der Waals surface area contributed by atoms with Gasteiger partial charge in [0.15, 0.2) is 12.2 Å². The van der Waals surface area contributed by atoms with E-state index in [1.807, 2.05) is 0 Å². The van der Waals surface area contributed by atoms with Crippen LogP contribution in [0.1, 0.15) is 0 Å². The number of alkyl halides is 3. The Kier molecular flexibility index (Phi) is 2.63. The van der Waals surface area contributed by atoms with E-state index >= 15 is 0 Å². The third-order valence-corrected chi connectivity index (χ3v) is 2.51. The number of halogens is 3. The Bertz CT molecular complexity index is 555. The van der Waals surface area contributed by atoms with Gasteiger partial charge in [-0.2, -0.15) is 13.2 Å². The zero-order valence-corrected chi connectivity index (χ0v) is 8.52. The zero-order valence-electron chi connectivity index (χ0n) is 7.71. The van der Waals surface area contributed by atoms with E-state index < -0.39 is 17.7 Å². The highest BCUT2D eigenvalue weighted by Crippen LogP contribution is 2.24. The van der Waals surface area contributed by atoms with Gasteiger partial charge in [-0.3, -0.25) is 0 Å². The Labute approximate surface area is 91.1 Å². The summed E-state index contributed by atoms with van der Waals surface area (Å²) in [7, 11) is 0. The van der Waals surface area contributed by atoms with E-state index in [0.717, 1.165) is 11.3 Å². The summed E-state index contributed by atoms with van der Waals surface area (Å²) in [4.78, 5) is 10.4. The van der Waals surface area contributed by atoms with E-state index in [2.05, 4.69) is 4.74 Å². The van der Waals surface area contributed by atoms with Crippen LogP contribution in [0.4, 0.5) is 13.2 Å². The summed E-state index contributed by atoms with van der Waals surface area (Å²) < 4.78 is 45.4. The minimum absolute atomic E-state index is 0.0198. The Hall–Kier alpha value is -1.50. The molecule has 2 rings (SSSR count). The molecule has 1 aromatic heterocycles. The summed E-state index contributed by atoms with van der Waals surface area (Å²) in [6, 6.07) is 4.11. The van der Waals surface area contributed by atoms with Gasteiger partial charge in [0.05, 0.1) is 4.70 Å². The first-order valence-corrected chi connectivity index (χ1v) is 4.99. The van der Waals surface area contributed by atoms with Gasteiger partial charge in [-0.15, -0.1) is 0 Å².